The summed E-state index contributed by atoms with van der Waals surface area (Å²) in [5.74, 6) is -0.726. The van der Waals surface area contributed by atoms with Gasteiger partial charge in [0.15, 0.2) is 0 Å². The summed E-state index contributed by atoms with van der Waals surface area (Å²) in [5, 5.41) is 18.0. The molecule has 0 bridgehead atoms. The zero-order chi connectivity index (χ0) is 14.1. The minimum atomic E-state index is -0.413. The lowest BCUT2D eigenvalue weighted by molar-refractivity contribution is -0.143. The second-order valence-electron chi connectivity index (χ2n) is 4.23. The van der Waals surface area contributed by atoms with Crippen LogP contribution in [0.5, 0.6) is 0 Å². The lowest BCUT2D eigenvalue weighted by Crippen LogP contribution is -2.36. The van der Waals surface area contributed by atoms with Gasteiger partial charge in [0.25, 0.3) is 0 Å². The van der Waals surface area contributed by atoms with Crippen LogP contribution in [0, 0.1) is 0 Å². The van der Waals surface area contributed by atoms with Crippen LogP contribution in [0.3, 0.4) is 0 Å². The summed E-state index contributed by atoms with van der Waals surface area (Å²) in [5.41, 5.74) is 0.871. The number of hydrogen-bond acceptors (Lipinski definition) is 5. The molecule has 0 aliphatic rings. The number of benzene rings is 1. The van der Waals surface area contributed by atoms with Gasteiger partial charge in [-0.05, 0) is 5.56 Å². The van der Waals surface area contributed by atoms with Crippen molar-refractivity contribution in [2.24, 2.45) is 0 Å². The van der Waals surface area contributed by atoms with E-state index in [2.05, 4.69) is 0 Å². The number of nitrogens with zero attached hydrogens (tertiary/aromatic N) is 1. The molecule has 0 heterocycles. The number of carbonyl (C=O) groups is 1. The molecule has 0 saturated heterocycles. The van der Waals surface area contributed by atoms with Gasteiger partial charge in [-0.2, -0.15) is 0 Å². The quantitative estimate of drug-likeness (QED) is 0.660. The van der Waals surface area contributed by atoms with Gasteiger partial charge in [0.2, 0.25) is 0 Å². The summed E-state index contributed by atoms with van der Waals surface area (Å²) in [7, 11) is 1.36. The van der Waals surface area contributed by atoms with Gasteiger partial charge in [0.1, 0.15) is 0 Å². The highest BCUT2D eigenvalue weighted by molar-refractivity contribution is 5.78. The first-order valence-electron chi connectivity index (χ1n) is 6.29. The first kappa shape index (κ1) is 15.6. The van der Waals surface area contributed by atoms with Crippen LogP contribution < -0.4 is 0 Å². The SMILES string of the molecule is COC(=O)C(CN(CCO)CCO)c1ccccc1. The first-order valence-corrected chi connectivity index (χ1v) is 6.29. The van der Waals surface area contributed by atoms with E-state index in [-0.39, 0.29) is 19.2 Å². The monoisotopic (exact) mass is 267 g/mol. The van der Waals surface area contributed by atoms with Crippen molar-refractivity contribution in [2.45, 2.75) is 5.92 Å². The number of methoxy groups -OCH3 is 1. The minimum absolute atomic E-state index is 0.0112. The summed E-state index contributed by atoms with van der Waals surface area (Å²) in [6.07, 6.45) is 0. The van der Waals surface area contributed by atoms with Crippen LogP contribution in [0.4, 0.5) is 0 Å². The van der Waals surface area contributed by atoms with E-state index in [0.29, 0.717) is 19.6 Å². The summed E-state index contributed by atoms with van der Waals surface area (Å²) in [4.78, 5) is 13.7. The number of esters is 1. The second-order valence-corrected chi connectivity index (χ2v) is 4.23. The highest BCUT2D eigenvalue weighted by Gasteiger charge is 2.23. The molecule has 0 amide bonds. The minimum Gasteiger partial charge on any atom is -0.469 e. The molecule has 0 spiro atoms. The zero-order valence-corrected chi connectivity index (χ0v) is 11.2. The second kappa shape index (κ2) is 8.63. The summed E-state index contributed by atoms with van der Waals surface area (Å²) < 4.78 is 4.83. The molecular formula is C14H21NO4. The Bertz CT molecular complexity index is 363. The predicted molar refractivity (Wildman–Crippen MR) is 71.8 cm³/mol. The van der Waals surface area contributed by atoms with Crippen molar-refractivity contribution in [1.82, 2.24) is 4.90 Å². The molecule has 1 atom stereocenters. The molecule has 2 N–H and O–H groups in total. The Morgan fingerprint density at radius 3 is 2.26 bits per heavy atom. The number of aliphatic hydroxyl groups excluding tert-OH is 2. The Labute approximate surface area is 113 Å². The van der Waals surface area contributed by atoms with E-state index in [4.69, 9.17) is 14.9 Å². The fourth-order valence-corrected chi connectivity index (χ4v) is 1.98. The van der Waals surface area contributed by atoms with Crippen LogP contribution >= 0.6 is 0 Å². The Morgan fingerprint density at radius 2 is 1.79 bits per heavy atom. The maximum absolute atomic E-state index is 11.9. The van der Waals surface area contributed by atoms with Crippen LogP contribution in [0.1, 0.15) is 11.5 Å². The molecular weight excluding hydrogens is 246 g/mol. The van der Waals surface area contributed by atoms with E-state index in [0.717, 1.165) is 5.56 Å². The van der Waals surface area contributed by atoms with Gasteiger partial charge < -0.3 is 14.9 Å². The number of hydrogen-bond donors (Lipinski definition) is 2. The predicted octanol–water partition coefficient (Wildman–Crippen LogP) is 0.230. The lowest BCUT2D eigenvalue weighted by atomic mass is 9.98. The number of rotatable bonds is 8. The average molecular weight is 267 g/mol. The van der Waals surface area contributed by atoms with Crippen molar-refractivity contribution < 1.29 is 19.7 Å². The molecule has 5 nitrogen and oxygen atoms in total. The molecule has 1 rings (SSSR count). The molecule has 5 heteroatoms. The Hall–Kier alpha value is -1.43. The molecule has 1 aromatic carbocycles. The third kappa shape index (κ3) is 4.98. The fraction of sp³-hybridized carbons (Fsp3) is 0.500. The fourth-order valence-electron chi connectivity index (χ4n) is 1.98. The summed E-state index contributed by atoms with van der Waals surface area (Å²) in [6, 6.07) is 9.37. The topological polar surface area (TPSA) is 70.0 Å². The van der Waals surface area contributed by atoms with Gasteiger partial charge in [-0.3, -0.25) is 9.69 Å². The van der Waals surface area contributed by atoms with Crippen molar-refractivity contribution in [2.75, 3.05) is 40.0 Å². The summed E-state index contributed by atoms with van der Waals surface area (Å²) in [6.45, 7) is 1.23. The molecule has 106 valence electrons. The zero-order valence-electron chi connectivity index (χ0n) is 11.2. The largest absolute Gasteiger partial charge is 0.469 e. The third-order valence-electron chi connectivity index (χ3n) is 2.96. The first-order chi connectivity index (χ1) is 9.22. The van der Waals surface area contributed by atoms with Gasteiger partial charge >= 0.3 is 5.97 Å². The number of carbonyl (C=O) groups excluding carboxylic acids is 1. The molecule has 0 aliphatic heterocycles. The number of aliphatic hydroxyl groups is 2. The maximum atomic E-state index is 11.9. The van der Waals surface area contributed by atoms with E-state index < -0.39 is 5.92 Å². The van der Waals surface area contributed by atoms with Crippen molar-refractivity contribution in [3.63, 3.8) is 0 Å². The van der Waals surface area contributed by atoms with Crippen LogP contribution in [0.25, 0.3) is 0 Å². The van der Waals surface area contributed by atoms with Crippen LogP contribution in [0.2, 0.25) is 0 Å². The van der Waals surface area contributed by atoms with Gasteiger partial charge in [-0.15, -0.1) is 0 Å². The van der Waals surface area contributed by atoms with Crippen LogP contribution in [0.15, 0.2) is 30.3 Å². The average Bonchev–Trinajstić information content (AvgIpc) is 2.45. The van der Waals surface area contributed by atoms with Crippen molar-refractivity contribution >= 4 is 5.97 Å². The van der Waals surface area contributed by atoms with E-state index in [9.17, 15) is 4.79 Å². The maximum Gasteiger partial charge on any atom is 0.314 e. The van der Waals surface area contributed by atoms with Gasteiger partial charge in [-0.25, -0.2) is 0 Å². The standard InChI is InChI=1S/C14H21NO4/c1-19-14(18)13(12-5-3-2-4-6-12)11-15(7-9-16)8-10-17/h2-6,13,16-17H,7-11H2,1H3. The molecule has 0 saturated carbocycles. The van der Waals surface area contributed by atoms with E-state index in [1.165, 1.54) is 7.11 Å². The molecule has 0 radical (unpaired) electrons. The highest BCUT2D eigenvalue weighted by Crippen LogP contribution is 2.18. The van der Waals surface area contributed by atoms with Gasteiger partial charge in [0, 0.05) is 19.6 Å². The molecule has 0 aromatic heterocycles. The molecule has 19 heavy (non-hydrogen) atoms. The summed E-state index contributed by atoms with van der Waals surface area (Å²) >= 11 is 0. The molecule has 0 aliphatic carbocycles. The molecule has 1 aromatic rings. The van der Waals surface area contributed by atoms with Gasteiger partial charge in [0.05, 0.1) is 26.2 Å². The Balaban J connectivity index is 2.82. The smallest absolute Gasteiger partial charge is 0.314 e. The van der Waals surface area contributed by atoms with Crippen LogP contribution in [-0.4, -0.2) is 61.0 Å². The van der Waals surface area contributed by atoms with Crippen molar-refractivity contribution in [3.05, 3.63) is 35.9 Å². The van der Waals surface area contributed by atoms with E-state index in [1.807, 2.05) is 35.2 Å². The molecule has 0 fully saturated rings. The Kier molecular flexibility index (Phi) is 7.10. The lowest BCUT2D eigenvalue weighted by Gasteiger charge is -2.25. The Morgan fingerprint density at radius 1 is 1.21 bits per heavy atom. The van der Waals surface area contributed by atoms with Crippen LogP contribution in [-0.2, 0) is 9.53 Å². The van der Waals surface area contributed by atoms with Crippen molar-refractivity contribution in [1.29, 1.82) is 0 Å². The number of ether oxygens (including phenoxy) is 1. The highest BCUT2D eigenvalue weighted by atomic mass is 16.5. The van der Waals surface area contributed by atoms with E-state index >= 15 is 0 Å². The third-order valence-corrected chi connectivity index (χ3v) is 2.96. The normalized spacial score (nSPS) is 12.4. The molecule has 1 unspecified atom stereocenters. The van der Waals surface area contributed by atoms with E-state index in [1.54, 1.807) is 0 Å². The van der Waals surface area contributed by atoms with Crippen molar-refractivity contribution in [3.8, 4) is 0 Å². The van der Waals surface area contributed by atoms with Gasteiger partial charge in [-0.1, -0.05) is 30.3 Å².